The Morgan fingerprint density at radius 2 is 1.81 bits per heavy atom. The monoisotopic (exact) mass is 431 g/mol. The van der Waals surface area contributed by atoms with Gasteiger partial charge in [-0.05, 0) is 55.2 Å². The van der Waals surface area contributed by atoms with E-state index in [1.54, 1.807) is 7.11 Å². The summed E-state index contributed by atoms with van der Waals surface area (Å²) in [5.74, 6) is 1.69. The number of piperidine rings is 1. The molecule has 32 heavy (non-hydrogen) atoms. The third kappa shape index (κ3) is 3.77. The molecule has 0 bridgehead atoms. The van der Waals surface area contributed by atoms with Crippen molar-refractivity contribution in [2.75, 3.05) is 43.1 Å². The molecule has 1 saturated heterocycles. The van der Waals surface area contributed by atoms with Crippen molar-refractivity contribution in [1.29, 1.82) is 0 Å². The predicted octanol–water partition coefficient (Wildman–Crippen LogP) is 3.94. The standard InChI is InChI=1S/C26H33N5O/c1-3-19-6-4-7-20-8-5-9-23(24(19)20)31-15-12-21-22(17-31)28-26(32-2)29-25(21)30-13-10-18(16-27)11-14-30/h4-9,18H,3,10-17,27H2,1-2H3. The Bertz CT molecular complexity index is 1100. The molecule has 0 unspecified atom stereocenters. The van der Waals surface area contributed by atoms with E-state index in [1.165, 1.54) is 27.6 Å². The molecule has 2 aliphatic rings. The fraction of sp³-hybridized carbons (Fsp3) is 0.462. The Morgan fingerprint density at radius 1 is 1.03 bits per heavy atom. The van der Waals surface area contributed by atoms with Crippen molar-refractivity contribution in [2.24, 2.45) is 11.7 Å². The largest absolute Gasteiger partial charge is 0.467 e. The molecule has 168 valence electrons. The van der Waals surface area contributed by atoms with E-state index in [0.29, 0.717) is 11.9 Å². The van der Waals surface area contributed by atoms with Gasteiger partial charge in [-0.25, -0.2) is 0 Å². The van der Waals surface area contributed by atoms with Crippen molar-refractivity contribution in [3.8, 4) is 6.01 Å². The van der Waals surface area contributed by atoms with Gasteiger partial charge in [0.1, 0.15) is 5.82 Å². The van der Waals surface area contributed by atoms with Crippen LogP contribution in [0.3, 0.4) is 0 Å². The third-order valence-electron chi connectivity index (χ3n) is 7.14. The van der Waals surface area contributed by atoms with Crippen LogP contribution in [0.25, 0.3) is 10.8 Å². The number of rotatable bonds is 5. The Kier molecular flexibility index (Phi) is 5.87. The van der Waals surface area contributed by atoms with Crippen LogP contribution >= 0.6 is 0 Å². The lowest BCUT2D eigenvalue weighted by atomic mass is 9.95. The van der Waals surface area contributed by atoms with Gasteiger partial charge in [0.2, 0.25) is 0 Å². The summed E-state index contributed by atoms with van der Waals surface area (Å²) in [4.78, 5) is 14.5. The van der Waals surface area contributed by atoms with Crippen LogP contribution in [0.4, 0.5) is 11.5 Å². The molecule has 2 aliphatic heterocycles. The number of nitrogens with two attached hydrogens (primary N) is 1. The first kappa shape index (κ1) is 21.0. The molecule has 1 aromatic heterocycles. The molecule has 0 spiro atoms. The van der Waals surface area contributed by atoms with Crippen LogP contribution in [0.1, 0.15) is 36.6 Å². The van der Waals surface area contributed by atoms with Crippen LogP contribution in [0, 0.1) is 5.92 Å². The molecular weight excluding hydrogens is 398 g/mol. The second kappa shape index (κ2) is 8.94. The zero-order chi connectivity index (χ0) is 22.1. The maximum Gasteiger partial charge on any atom is 0.318 e. The van der Waals surface area contributed by atoms with Crippen LogP contribution in [-0.2, 0) is 19.4 Å². The lowest BCUT2D eigenvalue weighted by Gasteiger charge is -2.37. The second-order valence-electron chi connectivity index (χ2n) is 8.94. The zero-order valence-corrected chi connectivity index (χ0v) is 19.2. The number of hydrogen-bond donors (Lipinski definition) is 1. The summed E-state index contributed by atoms with van der Waals surface area (Å²) in [6.07, 6.45) is 4.22. The van der Waals surface area contributed by atoms with Crippen LogP contribution in [0.2, 0.25) is 0 Å². The van der Waals surface area contributed by atoms with Gasteiger partial charge >= 0.3 is 6.01 Å². The van der Waals surface area contributed by atoms with Gasteiger partial charge in [0.05, 0.1) is 19.3 Å². The molecule has 2 aromatic carbocycles. The average Bonchev–Trinajstić information content (AvgIpc) is 2.86. The Hall–Kier alpha value is -2.86. The molecule has 5 rings (SSSR count). The first-order valence-corrected chi connectivity index (χ1v) is 11.9. The molecule has 0 radical (unpaired) electrons. The second-order valence-corrected chi connectivity index (χ2v) is 8.94. The summed E-state index contributed by atoms with van der Waals surface area (Å²) >= 11 is 0. The van der Waals surface area contributed by atoms with Gasteiger partial charge in [0.25, 0.3) is 0 Å². The van der Waals surface area contributed by atoms with Gasteiger partial charge in [-0.15, -0.1) is 0 Å². The molecule has 0 saturated carbocycles. The summed E-state index contributed by atoms with van der Waals surface area (Å²) in [5, 5.41) is 2.67. The van der Waals surface area contributed by atoms with E-state index < -0.39 is 0 Å². The van der Waals surface area contributed by atoms with E-state index in [-0.39, 0.29) is 0 Å². The molecule has 2 N–H and O–H groups in total. The topological polar surface area (TPSA) is 67.5 Å². The highest BCUT2D eigenvalue weighted by molar-refractivity contribution is 5.97. The molecule has 1 fully saturated rings. The smallest absolute Gasteiger partial charge is 0.318 e. The van der Waals surface area contributed by atoms with Gasteiger partial charge in [0, 0.05) is 36.3 Å². The summed E-state index contributed by atoms with van der Waals surface area (Å²) in [7, 11) is 1.66. The summed E-state index contributed by atoms with van der Waals surface area (Å²) in [6.45, 7) is 6.75. The minimum atomic E-state index is 0.466. The highest BCUT2D eigenvalue weighted by Crippen LogP contribution is 2.36. The number of hydrogen-bond acceptors (Lipinski definition) is 6. The number of benzene rings is 2. The minimum Gasteiger partial charge on any atom is -0.467 e. The van der Waals surface area contributed by atoms with Crippen LogP contribution in [0.5, 0.6) is 6.01 Å². The maximum absolute atomic E-state index is 5.90. The average molecular weight is 432 g/mol. The highest BCUT2D eigenvalue weighted by atomic mass is 16.5. The van der Waals surface area contributed by atoms with E-state index in [1.807, 2.05) is 0 Å². The number of aryl methyl sites for hydroxylation is 1. The number of anilines is 2. The van der Waals surface area contributed by atoms with Crippen molar-refractivity contribution in [3.63, 3.8) is 0 Å². The van der Waals surface area contributed by atoms with Crippen LogP contribution < -0.4 is 20.3 Å². The fourth-order valence-electron chi connectivity index (χ4n) is 5.28. The zero-order valence-electron chi connectivity index (χ0n) is 19.2. The Labute approximate surface area is 190 Å². The molecule has 3 aromatic rings. The van der Waals surface area contributed by atoms with Crippen molar-refractivity contribution in [1.82, 2.24) is 9.97 Å². The fourth-order valence-corrected chi connectivity index (χ4v) is 5.28. The van der Waals surface area contributed by atoms with Gasteiger partial charge < -0.3 is 20.3 Å². The first-order valence-electron chi connectivity index (χ1n) is 11.9. The summed E-state index contributed by atoms with van der Waals surface area (Å²) in [5.41, 5.74) is 11.0. The molecular formula is C26H33N5O. The van der Waals surface area contributed by atoms with Crippen molar-refractivity contribution in [3.05, 3.63) is 53.2 Å². The van der Waals surface area contributed by atoms with Gasteiger partial charge in [-0.1, -0.05) is 37.3 Å². The SMILES string of the molecule is CCc1cccc2cccc(N3CCc4c(nc(OC)nc4N4CCC(CN)CC4)C3)c12. The number of methoxy groups -OCH3 is 1. The van der Waals surface area contributed by atoms with E-state index in [0.717, 1.165) is 69.9 Å². The first-order chi connectivity index (χ1) is 15.7. The van der Waals surface area contributed by atoms with Gasteiger partial charge in [-0.2, -0.15) is 9.97 Å². The molecule has 3 heterocycles. The predicted molar refractivity (Wildman–Crippen MR) is 131 cm³/mol. The molecule has 0 aliphatic carbocycles. The van der Waals surface area contributed by atoms with E-state index in [2.05, 4.69) is 53.1 Å². The van der Waals surface area contributed by atoms with Gasteiger partial charge in [-0.3, -0.25) is 0 Å². The number of aromatic nitrogens is 2. The molecule has 0 amide bonds. The van der Waals surface area contributed by atoms with Gasteiger partial charge in [0.15, 0.2) is 0 Å². The minimum absolute atomic E-state index is 0.466. The number of ether oxygens (including phenoxy) is 1. The summed E-state index contributed by atoms with van der Waals surface area (Å²) < 4.78 is 5.51. The number of nitrogens with zero attached hydrogens (tertiary/aromatic N) is 4. The van der Waals surface area contributed by atoms with Crippen molar-refractivity contribution < 1.29 is 4.74 Å². The van der Waals surface area contributed by atoms with E-state index in [9.17, 15) is 0 Å². The third-order valence-corrected chi connectivity index (χ3v) is 7.14. The quantitative estimate of drug-likeness (QED) is 0.660. The van der Waals surface area contributed by atoms with Crippen LogP contribution in [-0.4, -0.2) is 43.3 Å². The lowest BCUT2D eigenvalue weighted by Crippen LogP contribution is -2.39. The Balaban J connectivity index is 1.50. The van der Waals surface area contributed by atoms with Crippen molar-refractivity contribution in [2.45, 2.75) is 39.2 Å². The molecule has 6 heteroatoms. The lowest BCUT2D eigenvalue weighted by molar-refractivity contribution is 0.373. The normalized spacial score (nSPS) is 17.0. The molecule has 0 atom stereocenters. The highest BCUT2D eigenvalue weighted by Gasteiger charge is 2.28. The Morgan fingerprint density at radius 3 is 2.53 bits per heavy atom. The maximum atomic E-state index is 5.90. The van der Waals surface area contributed by atoms with Crippen molar-refractivity contribution >= 4 is 22.3 Å². The summed E-state index contributed by atoms with van der Waals surface area (Å²) in [6, 6.07) is 13.7. The van der Waals surface area contributed by atoms with E-state index >= 15 is 0 Å². The molecule has 6 nitrogen and oxygen atoms in total. The van der Waals surface area contributed by atoms with Crippen LogP contribution in [0.15, 0.2) is 36.4 Å². The number of fused-ring (bicyclic) bond motifs is 2. The van der Waals surface area contributed by atoms with E-state index in [4.69, 9.17) is 20.4 Å².